The smallest absolute Gasteiger partial charge is 0.293 e. The normalized spacial score (nSPS) is 10.5. The van der Waals surface area contributed by atoms with Gasteiger partial charge in [-0.2, -0.15) is 0 Å². The Morgan fingerprint density at radius 2 is 2.23 bits per heavy atom. The van der Waals surface area contributed by atoms with Crippen molar-refractivity contribution in [3.63, 3.8) is 0 Å². The standard InChI is InChI=1S/C9H8N2O2/c1-6-4-7-2-3-10-9(7)8(5-6)11(12)13/h2-5,10H,1H3. The number of nitro benzene ring substituents is 1. The maximum absolute atomic E-state index is 10.7. The molecule has 4 nitrogen and oxygen atoms in total. The molecule has 66 valence electrons. The zero-order valence-corrected chi connectivity index (χ0v) is 7.07. The number of rotatable bonds is 1. The molecule has 1 aromatic heterocycles. The van der Waals surface area contributed by atoms with Crippen molar-refractivity contribution in [3.05, 3.63) is 40.1 Å². The van der Waals surface area contributed by atoms with E-state index >= 15 is 0 Å². The van der Waals surface area contributed by atoms with E-state index in [9.17, 15) is 10.1 Å². The minimum Gasteiger partial charge on any atom is -0.356 e. The lowest BCUT2D eigenvalue weighted by atomic mass is 10.1. The van der Waals surface area contributed by atoms with Crippen LogP contribution in [0.15, 0.2) is 24.4 Å². The molecule has 0 aliphatic rings. The number of hydrogen-bond donors (Lipinski definition) is 1. The Kier molecular flexibility index (Phi) is 1.55. The first-order chi connectivity index (χ1) is 6.18. The molecule has 1 N–H and O–H groups in total. The van der Waals surface area contributed by atoms with Crippen LogP contribution in [0.25, 0.3) is 10.9 Å². The number of aromatic nitrogens is 1. The number of non-ortho nitro benzene ring substituents is 1. The van der Waals surface area contributed by atoms with E-state index in [4.69, 9.17) is 0 Å². The molecule has 0 unspecified atom stereocenters. The second kappa shape index (κ2) is 2.58. The van der Waals surface area contributed by atoms with Crippen LogP contribution in [0.2, 0.25) is 0 Å². The van der Waals surface area contributed by atoms with Crippen molar-refractivity contribution in [1.82, 2.24) is 4.98 Å². The van der Waals surface area contributed by atoms with E-state index < -0.39 is 0 Å². The van der Waals surface area contributed by atoms with Crippen LogP contribution in [0.1, 0.15) is 5.56 Å². The summed E-state index contributed by atoms with van der Waals surface area (Å²) in [6, 6.07) is 5.31. The maximum Gasteiger partial charge on any atom is 0.293 e. The van der Waals surface area contributed by atoms with Crippen molar-refractivity contribution in [3.8, 4) is 0 Å². The number of H-pyrrole nitrogens is 1. The van der Waals surface area contributed by atoms with Gasteiger partial charge in [-0.05, 0) is 24.6 Å². The largest absolute Gasteiger partial charge is 0.356 e. The highest BCUT2D eigenvalue weighted by molar-refractivity contribution is 5.88. The van der Waals surface area contributed by atoms with E-state index in [1.807, 2.05) is 19.1 Å². The van der Waals surface area contributed by atoms with Gasteiger partial charge >= 0.3 is 0 Å². The molecule has 0 amide bonds. The average molecular weight is 176 g/mol. The van der Waals surface area contributed by atoms with Crippen molar-refractivity contribution in [2.45, 2.75) is 6.92 Å². The fourth-order valence-electron chi connectivity index (χ4n) is 1.44. The van der Waals surface area contributed by atoms with Gasteiger partial charge in [0, 0.05) is 17.6 Å². The highest BCUT2D eigenvalue weighted by atomic mass is 16.6. The Bertz CT molecular complexity index is 473. The van der Waals surface area contributed by atoms with Gasteiger partial charge in [0.1, 0.15) is 5.52 Å². The molecule has 1 aromatic carbocycles. The number of aryl methyl sites for hydroxylation is 1. The topological polar surface area (TPSA) is 58.9 Å². The molecule has 1 heterocycles. The third-order valence-electron chi connectivity index (χ3n) is 1.98. The minimum absolute atomic E-state index is 0.139. The van der Waals surface area contributed by atoms with Gasteiger partial charge in [-0.25, -0.2) is 0 Å². The predicted molar refractivity (Wildman–Crippen MR) is 49.7 cm³/mol. The summed E-state index contributed by atoms with van der Waals surface area (Å²) in [4.78, 5) is 13.1. The lowest BCUT2D eigenvalue weighted by Gasteiger charge is -1.96. The second-order valence-corrected chi connectivity index (χ2v) is 2.98. The average Bonchev–Trinajstić information content (AvgIpc) is 2.49. The maximum atomic E-state index is 10.7. The van der Waals surface area contributed by atoms with Gasteiger partial charge in [0.15, 0.2) is 0 Å². The highest BCUT2D eigenvalue weighted by Crippen LogP contribution is 2.25. The molecule has 0 radical (unpaired) electrons. The van der Waals surface area contributed by atoms with Crippen molar-refractivity contribution in [2.75, 3.05) is 0 Å². The van der Waals surface area contributed by atoms with Gasteiger partial charge in [0.2, 0.25) is 0 Å². The molecule has 2 aromatic rings. The molecule has 0 fully saturated rings. The summed E-state index contributed by atoms with van der Waals surface area (Å²) >= 11 is 0. The van der Waals surface area contributed by atoms with Gasteiger partial charge in [0.05, 0.1) is 4.92 Å². The monoisotopic (exact) mass is 176 g/mol. The molecular weight excluding hydrogens is 168 g/mol. The van der Waals surface area contributed by atoms with Gasteiger partial charge in [0.25, 0.3) is 5.69 Å². The summed E-state index contributed by atoms with van der Waals surface area (Å²) in [5, 5.41) is 11.5. The zero-order valence-electron chi connectivity index (χ0n) is 7.07. The molecule has 0 aliphatic carbocycles. The molecule has 0 spiro atoms. The SMILES string of the molecule is Cc1cc([N+](=O)[O-])c2[nH]ccc2c1. The summed E-state index contributed by atoms with van der Waals surface area (Å²) in [5.41, 5.74) is 1.63. The lowest BCUT2D eigenvalue weighted by molar-refractivity contribution is -0.383. The Hall–Kier alpha value is -1.84. The Labute approximate surface area is 74.3 Å². The van der Waals surface area contributed by atoms with Crippen LogP contribution >= 0.6 is 0 Å². The zero-order chi connectivity index (χ0) is 9.42. The molecule has 0 saturated carbocycles. The molecule has 2 rings (SSSR count). The Balaban J connectivity index is 2.84. The minimum atomic E-state index is -0.369. The van der Waals surface area contributed by atoms with Crippen molar-refractivity contribution in [2.24, 2.45) is 0 Å². The van der Waals surface area contributed by atoms with Gasteiger partial charge in [-0.1, -0.05) is 0 Å². The van der Waals surface area contributed by atoms with Crippen molar-refractivity contribution < 1.29 is 4.92 Å². The van der Waals surface area contributed by atoms with Crippen molar-refractivity contribution in [1.29, 1.82) is 0 Å². The molecular formula is C9H8N2O2. The van der Waals surface area contributed by atoms with Crippen LogP contribution in [0.4, 0.5) is 5.69 Å². The molecule has 13 heavy (non-hydrogen) atoms. The predicted octanol–water partition coefficient (Wildman–Crippen LogP) is 2.38. The molecule has 0 aliphatic heterocycles. The first-order valence-corrected chi connectivity index (χ1v) is 3.90. The third kappa shape index (κ3) is 1.16. The number of nitrogens with one attached hydrogen (secondary N) is 1. The molecule has 0 saturated heterocycles. The van der Waals surface area contributed by atoms with Crippen LogP contribution in [0, 0.1) is 17.0 Å². The fraction of sp³-hybridized carbons (Fsp3) is 0.111. The summed E-state index contributed by atoms with van der Waals surface area (Å²) in [5.74, 6) is 0. The number of nitrogens with zero attached hydrogens (tertiary/aromatic N) is 1. The van der Waals surface area contributed by atoms with Crippen LogP contribution in [-0.2, 0) is 0 Å². The van der Waals surface area contributed by atoms with E-state index in [0.29, 0.717) is 5.52 Å². The van der Waals surface area contributed by atoms with Crippen LogP contribution < -0.4 is 0 Å². The molecule has 0 atom stereocenters. The highest BCUT2D eigenvalue weighted by Gasteiger charge is 2.12. The lowest BCUT2D eigenvalue weighted by Crippen LogP contribution is -1.89. The van der Waals surface area contributed by atoms with Crippen LogP contribution in [-0.4, -0.2) is 9.91 Å². The fourth-order valence-corrected chi connectivity index (χ4v) is 1.44. The Morgan fingerprint density at radius 3 is 2.92 bits per heavy atom. The van der Waals surface area contributed by atoms with Gasteiger partial charge in [-0.15, -0.1) is 0 Å². The number of hydrogen-bond acceptors (Lipinski definition) is 2. The van der Waals surface area contributed by atoms with Crippen molar-refractivity contribution >= 4 is 16.6 Å². The number of fused-ring (bicyclic) bond motifs is 1. The summed E-state index contributed by atoms with van der Waals surface area (Å²) in [6.45, 7) is 1.85. The second-order valence-electron chi connectivity index (χ2n) is 2.98. The summed E-state index contributed by atoms with van der Waals surface area (Å²) in [6.07, 6.45) is 1.71. The summed E-state index contributed by atoms with van der Waals surface area (Å²) in [7, 11) is 0. The van der Waals surface area contributed by atoms with E-state index in [1.54, 1.807) is 12.3 Å². The van der Waals surface area contributed by atoms with Crippen LogP contribution in [0.5, 0.6) is 0 Å². The first-order valence-electron chi connectivity index (χ1n) is 3.90. The van der Waals surface area contributed by atoms with Gasteiger partial charge < -0.3 is 4.98 Å². The van der Waals surface area contributed by atoms with Crippen LogP contribution in [0.3, 0.4) is 0 Å². The molecule has 0 bridgehead atoms. The van der Waals surface area contributed by atoms with E-state index in [0.717, 1.165) is 10.9 Å². The number of benzene rings is 1. The van der Waals surface area contributed by atoms with E-state index in [2.05, 4.69) is 4.98 Å². The number of nitro groups is 1. The molecule has 4 heteroatoms. The third-order valence-corrected chi connectivity index (χ3v) is 1.98. The number of aromatic amines is 1. The van der Waals surface area contributed by atoms with Gasteiger partial charge in [-0.3, -0.25) is 10.1 Å². The van der Waals surface area contributed by atoms with E-state index in [1.165, 1.54) is 0 Å². The van der Waals surface area contributed by atoms with E-state index in [-0.39, 0.29) is 10.6 Å². The first kappa shape index (κ1) is 7.79. The quantitative estimate of drug-likeness (QED) is 0.535. The Morgan fingerprint density at radius 1 is 1.46 bits per heavy atom. The summed E-state index contributed by atoms with van der Waals surface area (Å²) < 4.78 is 0.